The second kappa shape index (κ2) is 6.11. The Bertz CT molecular complexity index is 1030. The summed E-state index contributed by atoms with van der Waals surface area (Å²) in [7, 11) is 0. The average Bonchev–Trinajstić information content (AvgIpc) is 2.65. The van der Waals surface area contributed by atoms with Gasteiger partial charge in [-0.15, -0.1) is 0 Å². The van der Waals surface area contributed by atoms with Crippen molar-refractivity contribution >= 4 is 23.9 Å². The van der Waals surface area contributed by atoms with Gasteiger partial charge in [0.25, 0.3) is 0 Å². The predicted molar refractivity (Wildman–Crippen MR) is 94.3 cm³/mol. The lowest BCUT2D eigenvalue weighted by Crippen LogP contribution is -2.17. The Morgan fingerprint density at radius 3 is 2.54 bits per heavy atom. The number of rotatable bonds is 3. The molecule has 0 saturated heterocycles. The van der Waals surface area contributed by atoms with Crippen LogP contribution in [0.25, 0.3) is 5.57 Å². The lowest BCUT2D eigenvalue weighted by molar-refractivity contribution is -0.114. The topological polar surface area (TPSA) is 80.7 Å². The van der Waals surface area contributed by atoms with E-state index in [4.69, 9.17) is 4.74 Å². The molecule has 0 atom stereocenters. The number of aldehydes is 2. The van der Waals surface area contributed by atoms with E-state index >= 15 is 0 Å². The van der Waals surface area contributed by atoms with Gasteiger partial charge in [-0.2, -0.15) is 0 Å². The minimum absolute atomic E-state index is 0.0291. The van der Waals surface area contributed by atoms with Crippen LogP contribution in [-0.4, -0.2) is 23.5 Å². The molecule has 0 saturated carbocycles. The normalized spacial score (nSPS) is 15.5. The Hall–Kier alpha value is -3.47. The molecule has 0 fully saturated rings. The number of phenolic OH excluding ortho intramolecular Hbond substituents is 1. The number of carbonyl (C=O) groups excluding carboxylic acids is 3. The van der Waals surface area contributed by atoms with Gasteiger partial charge >= 0.3 is 0 Å². The molecule has 2 aromatic carbocycles. The number of ether oxygens (including phenoxy) is 1. The summed E-state index contributed by atoms with van der Waals surface area (Å²) in [5, 5.41) is 9.78. The molecule has 2 aromatic rings. The zero-order valence-electron chi connectivity index (χ0n) is 13.7. The van der Waals surface area contributed by atoms with Crippen LogP contribution in [0.5, 0.6) is 11.5 Å². The predicted octanol–water partition coefficient (Wildman–Crippen LogP) is 3.46. The zero-order valence-corrected chi connectivity index (χ0v) is 13.7. The standard InChI is InChI=1S/C21H14O5/c22-10-12-1-4-16(13(7-12)11-23)21-17-5-2-14(24)8-19(17)26-20-9-15(25)3-6-18(20)21/h1-2,4-5,7-11,24H,3,6H2. The first-order valence-electron chi connectivity index (χ1n) is 8.15. The fourth-order valence-electron chi connectivity index (χ4n) is 3.39. The van der Waals surface area contributed by atoms with E-state index in [-0.39, 0.29) is 11.5 Å². The molecule has 0 unspecified atom stereocenters. The molecule has 4 rings (SSSR count). The molecule has 0 amide bonds. The second-order valence-electron chi connectivity index (χ2n) is 6.19. The van der Waals surface area contributed by atoms with E-state index in [1.54, 1.807) is 24.3 Å². The first kappa shape index (κ1) is 16.0. The molecular weight excluding hydrogens is 332 g/mol. The van der Waals surface area contributed by atoms with Gasteiger partial charge in [0.15, 0.2) is 12.1 Å². The van der Waals surface area contributed by atoms with Crippen molar-refractivity contribution in [2.45, 2.75) is 12.8 Å². The highest BCUT2D eigenvalue weighted by atomic mass is 16.5. The van der Waals surface area contributed by atoms with Crippen LogP contribution >= 0.6 is 0 Å². The summed E-state index contributed by atoms with van der Waals surface area (Å²) in [4.78, 5) is 34.5. The molecule has 5 nitrogen and oxygen atoms in total. The van der Waals surface area contributed by atoms with Crippen LogP contribution in [-0.2, 0) is 4.79 Å². The average molecular weight is 346 g/mol. The van der Waals surface area contributed by atoms with Crippen molar-refractivity contribution in [2.75, 3.05) is 0 Å². The van der Waals surface area contributed by atoms with E-state index in [9.17, 15) is 19.5 Å². The number of ketones is 1. The highest BCUT2D eigenvalue weighted by Crippen LogP contribution is 2.45. The van der Waals surface area contributed by atoms with Crippen LogP contribution in [0.15, 0.2) is 53.8 Å². The minimum Gasteiger partial charge on any atom is -0.508 e. The molecule has 1 aliphatic heterocycles. The van der Waals surface area contributed by atoms with E-state index in [0.717, 1.165) is 16.7 Å². The zero-order chi connectivity index (χ0) is 18.3. The van der Waals surface area contributed by atoms with Crippen molar-refractivity contribution in [3.05, 3.63) is 76.1 Å². The third-order valence-electron chi connectivity index (χ3n) is 4.58. The molecule has 5 heteroatoms. The van der Waals surface area contributed by atoms with Crippen molar-refractivity contribution in [3.63, 3.8) is 0 Å². The van der Waals surface area contributed by atoms with Crippen LogP contribution < -0.4 is 4.74 Å². The summed E-state index contributed by atoms with van der Waals surface area (Å²) < 4.78 is 5.84. The quantitative estimate of drug-likeness (QED) is 0.861. The van der Waals surface area contributed by atoms with E-state index < -0.39 is 0 Å². The molecule has 1 heterocycles. The van der Waals surface area contributed by atoms with E-state index in [1.165, 1.54) is 18.2 Å². The molecule has 0 bridgehead atoms. The molecule has 0 spiro atoms. The van der Waals surface area contributed by atoms with Gasteiger partial charge in [-0.1, -0.05) is 12.1 Å². The summed E-state index contributed by atoms with van der Waals surface area (Å²) >= 11 is 0. The Morgan fingerprint density at radius 1 is 0.962 bits per heavy atom. The first-order chi connectivity index (χ1) is 12.6. The van der Waals surface area contributed by atoms with Crippen molar-refractivity contribution < 1.29 is 24.2 Å². The van der Waals surface area contributed by atoms with Crippen LogP contribution in [0.2, 0.25) is 0 Å². The lowest BCUT2D eigenvalue weighted by atomic mass is 9.83. The van der Waals surface area contributed by atoms with E-state index in [0.29, 0.717) is 53.6 Å². The molecule has 2 aliphatic rings. The monoisotopic (exact) mass is 346 g/mol. The smallest absolute Gasteiger partial charge is 0.159 e. The van der Waals surface area contributed by atoms with Crippen LogP contribution in [0, 0.1) is 0 Å². The highest BCUT2D eigenvalue weighted by molar-refractivity contribution is 6.00. The largest absolute Gasteiger partial charge is 0.508 e. The minimum atomic E-state index is -0.0291. The molecular formula is C21H14O5. The van der Waals surface area contributed by atoms with Crippen LogP contribution in [0.4, 0.5) is 0 Å². The Morgan fingerprint density at radius 2 is 1.77 bits per heavy atom. The summed E-state index contributed by atoms with van der Waals surface area (Å²) in [6.07, 6.45) is 3.71. The van der Waals surface area contributed by atoms with Crippen molar-refractivity contribution in [3.8, 4) is 11.5 Å². The van der Waals surface area contributed by atoms with E-state index in [1.807, 2.05) is 0 Å². The molecule has 26 heavy (non-hydrogen) atoms. The van der Waals surface area contributed by atoms with Gasteiger partial charge in [-0.05, 0) is 30.2 Å². The Balaban J connectivity index is 2.03. The number of fused-ring (bicyclic) bond motifs is 2. The van der Waals surface area contributed by atoms with Gasteiger partial charge in [0.1, 0.15) is 23.5 Å². The molecule has 1 aliphatic carbocycles. The lowest BCUT2D eigenvalue weighted by Gasteiger charge is -2.29. The summed E-state index contributed by atoms with van der Waals surface area (Å²) in [5.74, 6) is 0.867. The molecule has 128 valence electrons. The number of allylic oxidation sites excluding steroid dienone is 2. The summed E-state index contributed by atoms with van der Waals surface area (Å²) in [5.41, 5.74) is 3.81. The van der Waals surface area contributed by atoms with Crippen molar-refractivity contribution in [1.82, 2.24) is 0 Å². The molecule has 1 N–H and O–H groups in total. The fraction of sp³-hybridized carbons (Fsp3) is 0.0952. The third-order valence-corrected chi connectivity index (χ3v) is 4.58. The summed E-state index contributed by atoms with van der Waals surface area (Å²) in [6.45, 7) is 0. The van der Waals surface area contributed by atoms with Gasteiger partial charge in [0.2, 0.25) is 0 Å². The number of carbonyl (C=O) groups is 3. The first-order valence-corrected chi connectivity index (χ1v) is 8.15. The maximum atomic E-state index is 11.8. The Kier molecular flexibility index (Phi) is 3.77. The van der Waals surface area contributed by atoms with Crippen LogP contribution in [0.1, 0.15) is 44.7 Å². The van der Waals surface area contributed by atoms with Crippen molar-refractivity contribution in [1.29, 1.82) is 0 Å². The van der Waals surface area contributed by atoms with Crippen molar-refractivity contribution in [2.24, 2.45) is 0 Å². The third kappa shape index (κ3) is 2.54. The fourth-order valence-corrected chi connectivity index (χ4v) is 3.39. The number of phenols is 1. The van der Waals surface area contributed by atoms with Gasteiger partial charge in [-0.3, -0.25) is 14.4 Å². The number of benzene rings is 2. The number of aromatic hydroxyl groups is 1. The second-order valence-corrected chi connectivity index (χ2v) is 6.19. The maximum absolute atomic E-state index is 11.8. The van der Waals surface area contributed by atoms with E-state index in [2.05, 4.69) is 0 Å². The Labute approximate surface area is 149 Å². The molecule has 0 radical (unpaired) electrons. The van der Waals surface area contributed by atoms with Gasteiger partial charge in [0.05, 0.1) is 0 Å². The molecule has 0 aromatic heterocycles. The van der Waals surface area contributed by atoms with Gasteiger partial charge < -0.3 is 9.84 Å². The number of hydrogen-bond acceptors (Lipinski definition) is 5. The highest BCUT2D eigenvalue weighted by Gasteiger charge is 2.30. The number of hydrogen-bond donors (Lipinski definition) is 1. The van der Waals surface area contributed by atoms with Gasteiger partial charge in [0, 0.05) is 46.4 Å². The van der Waals surface area contributed by atoms with Gasteiger partial charge in [-0.25, -0.2) is 0 Å². The SMILES string of the molecule is O=Cc1ccc(C2=C3CCC(=O)C=C3Oc3cc(O)ccc32)c(C=O)c1. The maximum Gasteiger partial charge on any atom is 0.159 e. The van der Waals surface area contributed by atoms with Crippen LogP contribution in [0.3, 0.4) is 0 Å². The summed E-state index contributed by atoms with van der Waals surface area (Å²) in [6, 6.07) is 9.66.